The molecule has 2 fully saturated rings. The van der Waals surface area contributed by atoms with Crippen molar-refractivity contribution in [2.75, 3.05) is 0 Å². The van der Waals surface area contributed by atoms with E-state index in [1.165, 1.54) is 50.7 Å². The number of carboxylic acid groups (broad SMARTS) is 1. The molecule has 2 nitrogen and oxygen atoms in total. The molecule has 156 valence electrons. The van der Waals surface area contributed by atoms with Gasteiger partial charge in [0.25, 0.3) is 0 Å². The molecule has 0 bridgehead atoms. The van der Waals surface area contributed by atoms with Gasteiger partial charge in [-0.1, -0.05) is 38.7 Å². The maximum absolute atomic E-state index is 14.9. The second-order valence-electron chi connectivity index (χ2n) is 9.18. The number of carboxylic acids is 1. The fourth-order valence-corrected chi connectivity index (χ4v) is 5.83. The van der Waals surface area contributed by atoms with Gasteiger partial charge < -0.3 is 5.11 Å². The van der Waals surface area contributed by atoms with Crippen molar-refractivity contribution < 1.29 is 18.7 Å². The van der Waals surface area contributed by atoms with Gasteiger partial charge in [-0.05, 0) is 84.9 Å². The van der Waals surface area contributed by atoms with Crippen molar-refractivity contribution >= 4 is 16.7 Å². The SMILES string of the molecule is CCCCC1CCC2CC(c3cc4ccc(C(=O)O)c(F)c4cc3F)CCC2C1. The summed E-state index contributed by atoms with van der Waals surface area (Å²) in [5.74, 6) is -0.0873. The minimum atomic E-state index is -1.33. The van der Waals surface area contributed by atoms with Crippen LogP contribution in [0, 0.1) is 29.4 Å². The molecule has 0 heterocycles. The van der Waals surface area contributed by atoms with E-state index in [1.807, 2.05) is 0 Å². The first-order valence-corrected chi connectivity index (χ1v) is 11.1. The second-order valence-corrected chi connectivity index (χ2v) is 9.18. The van der Waals surface area contributed by atoms with Crippen molar-refractivity contribution in [2.45, 2.75) is 70.6 Å². The van der Waals surface area contributed by atoms with Gasteiger partial charge in [-0.3, -0.25) is 0 Å². The Labute approximate surface area is 171 Å². The third-order valence-corrected chi connectivity index (χ3v) is 7.43. The van der Waals surface area contributed by atoms with Crippen LogP contribution in [0.3, 0.4) is 0 Å². The smallest absolute Gasteiger partial charge is 0.338 e. The largest absolute Gasteiger partial charge is 0.478 e. The molecule has 2 aromatic rings. The number of carbonyl (C=O) groups is 1. The summed E-state index contributed by atoms with van der Waals surface area (Å²) in [6.07, 6.45) is 11.0. The van der Waals surface area contributed by atoms with E-state index < -0.39 is 23.2 Å². The van der Waals surface area contributed by atoms with Crippen molar-refractivity contribution in [3.05, 3.63) is 47.0 Å². The number of benzene rings is 2. The van der Waals surface area contributed by atoms with Gasteiger partial charge >= 0.3 is 5.97 Å². The van der Waals surface area contributed by atoms with E-state index >= 15 is 0 Å². The first-order chi connectivity index (χ1) is 14.0. The summed E-state index contributed by atoms with van der Waals surface area (Å²) in [6, 6.07) is 5.81. The fraction of sp³-hybridized carbons (Fsp3) is 0.560. The van der Waals surface area contributed by atoms with Crippen molar-refractivity contribution in [1.82, 2.24) is 0 Å². The molecular formula is C25H30F2O2. The molecule has 0 amide bonds. The molecule has 0 saturated heterocycles. The van der Waals surface area contributed by atoms with Crippen LogP contribution in [0.5, 0.6) is 0 Å². The molecule has 0 aliphatic heterocycles. The molecule has 4 heteroatoms. The Morgan fingerprint density at radius 2 is 1.83 bits per heavy atom. The number of hydrogen-bond donors (Lipinski definition) is 1. The maximum atomic E-state index is 14.9. The number of aromatic carboxylic acids is 1. The number of fused-ring (bicyclic) bond motifs is 2. The predicted molar refractivity (Wildman–Crippen MR) is 111 cm³/mol. The van der Waals surface area contributed by atoms with Gasteiger partial charge in [0.05, 0.1) is 5.56 Å². The molecule has 4 unspecified atom stereocenters. The fourth-order valence-electron chi connectivity index (χ4n) is 5.83. The number of unbranched alkanes of at least 4 members (excludes halogenated alkanes) is 1. The summed E-state index contributed by atoms with van der Waals surface area (Å²) in [4.78, 5) is 11.1. The molecule has 2 aliphatic rings. The topological polar surface area (TPSA) is 37.3 Å². The van der Waals surface area contributed by atoms with E-state index in [0.29, 0.717) is 16.9 Å². The quantitative estimate of drug-likeness (QED) is 0.571. The molecule has 29 heavy (non-hydrogen) atoms. The normalized spacial score (nSPS) is 27.0. The molecular weight excluding hydrogens is 370 g/mol. The van der Waals surface area contributed by atoms with E-state index in [4.69, 9.17) is 5.11 Å². The van der Waals surface area contributed by atoms with Crippen molar-refractivity contribution in [1.29, 1.82) is 0 Å². The van der Waals surface area contributed by atoms with Crippen LogP contribution in [0.4, 0.5) is 8.78 Å². The summed E-state index contributed by atoms with van der Waals surface area (Å²) in [6.45, 7) is 2.25. The van der Waals surface area contributed by atoms with Crippen LogP contribution in [0.25, 0.3) is 10.8 Å². The van der Waals surface area contributed by atoms with Gasteiger partial charge in [0.15, 0.2) is 0 Å². The zero-order valence-corrected chi connectivity index (χ0v) is 17.1. The Morgan fingerprint density at radius 3 is 2.59 bits per heavy atom. The van der Waals surface area contributed by atoms with Crippen LogP contribution >= 0.6 is 0 Å². The van der Waals surface area contributed by atoms with Gasteiger partial charge in [-0.25, -0.2) is 13.6 Å². The van der Waals surface area contributed by atoms with Crippen molar-refractivity contribution in [2.24, 2.45) is 17.8 Å². The van der Waals surface area contributed by atoms with Crippen LogP contribution in [0.15, 0.2) is 24.3 Å². The van der Waals surface area contributed by atoms with E-state index in [-0.39, 0.29) is 11.3 Å². The summed E-state index contributed by atoms with van der Waals surface area (Å²) >= 11 is 0. The zero-order chi connectivity index (χ0) is 20.5. The molecule has 0 spiro atoms. The van der Waals surface area contributed by atoms with Gasteiger partial charge in [0.1, 0.15) is 11.6 Å². The third kappa shape index (κ3) is 4.04. The van der Waals surface area contributed by atoms with Crippen LogP contribution < -0.4 is 0 Å². The molecule has 2 aliphatic carbocycles. The van der Waals surface area contributed by atoms with Crippen LogP contribution in [0.1, 0.15) is 86.6 Å². The highest BCUT2D eigenvalue weighted by atomic mass is 19.1. The average molecular weight is 401 g/mol. The molecule has 4 rings (SSSR count). The molecule has 0 radical (unpaired) electrons. The standard InChI is InChI=1S/C25H30F2O2/c1-2-3-4-15-5-6-17-12-18(8-7-16(17)11-15)21-13-19-9-10-20(25(28)29)24(27)22(19)14-23(21)26/h9-10,13-18H,2-8,11-12H2,1H3,(H,28,29). The predicted octanol–water partition coefficient (Wildman–Crippen LogP) is 7.31. The van der Waals surface area contributed by atoms with E-state index in [2.05, 4.69) is 6.92 Å². The van der Waals surface area contributed by atoms with E-state index in [1.54, 1.807) is 12.1 Å². The van der Waals surface area contributed by atoms with Crippen molar-refractivity contribution in [3.63, 3.8) is 0 Å². The maximum Gasteiger partial charge on any atom is 0.338 e. The Hall–Kier alpha value is -1.97. The lowest BCUT2D eigenvalue weighted by molar-refractivity contribution is 0.0692. The van der Waals surface area contributed by atoms with E-state index in [0.717, 1.165) is 31.1 Å². The highest BCUT2D eigenvalue weighted by Crippen LogP contribution is 2.49. The van der Waals surface area contributed by atoms with Crippen LogP contribution in [0.2, 0.25) is 0 Å². The van der Waals surface area contributed by atoms with Crippen LogP contribution in [-0.2, 0) is 0 Å². The minimum Gasteiger partial charge on any atom is -0.478 e. The molecule has 1 N–H and O–H groups in total. The van der Waals surface area contributed by atoms with Gasteiger partial charge in [0, 0.05) is 5.39 Å². The van der Waals surface area contributed by atoms with Gasteiger partial charge in [0.2, 0.25) is 0 Å². The highest BCUT2D eigenvalue weighted by Gasteiger charge is 2.36. The van der Waals surface area contributed by atoms with Gasteiger partial charge in [-0.15, -0.1) is 0 Å². The number of hydrogen-bond acceptors (Lipinski definition) is 1. The Balaban J connectivity index is 1.53. The summed E-state index contributed by atoms with van der Waals surface area (Å²) in [5, 5.41) is 9.73. The molecule has 2 saturated carbocycles. The van der Waals surface area contributed by atoms with Gasteiger partial charge in [-0.2, -0.15) is 0 Å². The number of rotatable bonds is 5. The third-order valence-electron chi connectivity index (χ3n) is 7.43. The Morgan fingerprint density at radius 1 is 1.07 bits per heavy atom. The zero-order valence-electron chi connectivity index (χ0n) is 17.1. The lowest BCUT2D eigenvalue weighted by Gasteiger charge is -2.42. The lowest BCUT2D eigenvalue weighted by atomic mass is 9.63. The molecule has 2 aromatic carbocycles. The summed E-state index contributed by atoms with van der Waals surface area (Å²) in [7, 11) is 0. The monoisotopic (exact) mass is 400 g/mol. The summed E-state index contributed by atoms with van der Waals surface area (Å²) in [5.41, 5.74) is 0.261. The number of halogens is 2. The summed E-state index contributed by atoms with van der Waals surface area (Å²) < 4.78 is 29.4. The minimum absolute atomic E-state index is 0.0521. The second kappa shape index (κ2) is 8.41. The van der Waals surface area contributed by atoms with Crippen molar-refractivity contribution in [3.8, 4) is 0 Å². The lowest BCUT2D eigenvalue weighted by Crippen LogP contribution is -2.30. The van der Waals surface area contributed by atoms with Crippen LogP contribution in [-0.4, -0.2) is 11.1 Å². The first kappa shape index (κ1) is 20.3. The Bertz CT molecular complexity index is 907. The molecule has 4 atom stereocenters. The van der Waals surface area contributed by atoms with E-state index in [9.17, 15) is 13.6 Å². The first-order valence-electron chi connectivity index (χ1n) is 11.1. The highest BCUT2D eigenvalue weighted by molar-refractivity contribution is 5.95. The molecule has 0 aromatic heterocycles. The Kier molecular flexibility index (Phi) is 5.89. The average Bonchev–Trinajstić information content (AvgIpc) is 2.72.